The molecule has 1 amide bonds. The molecule has 0 atom stereocenters. The summed E-state index contributed by atoms with van der Waals surface area (Å²) in [7, 11) is 1.45. The minimum Gasteiger partial charge on any atom is -0.489 e. The van der Waals surface area contributed by atoms with Crippen molar-refractivity contribution in [1.29, 1.82) is 0 Å². The van der Waals surface area contributed by atoms with Crippen molar-refractivity contribution in [3.05, 3.63) is 53.8 Å². The van der Waals surface area contributed by atoms with Crippen molar-refractivity contribution in [2.24, 2.45) is 0 Å². The maximum atomic E-state index is 12.9. The Morgan fingerprint density at radius 2 is 1.74 bits per heavy atom. The predicted octanol–water partition coefficient (Wildman–Crippen LogP) is 3.89. The molecule has 0 aliphatic heterocycles. The second-order valence-corrected chi connectivity index (χ2v) is 5.34. The molecule has 5 nitrogen and oxygen atoms in total. The van der Waals surface area contributed by atoms with Crippen molar-refractivity contribution in [2.45, 2.75) is 6.18 Å². The number of nitrogens with one attached hydrogen (secondary N) is 1. The topological polar surface area (TPSA) is 56.8 Å². The van der Waals surface area contributed by atoms with Crippen LogP contribution in [-0.4, -0.2) is 32.8 Å². The molecule has 0 heterocycles. The maximum Gasteiger partial charge on any atom is 0.416 e. The Hall–Kier alpha value is -2.81. The largest absolute Gasteiger partial charge is 0.489 e. The Morgan fingerprint density at radius 1 is 1.04 bits per heavy atom. The second kappa shape index (κ2) is 9.22. The molecule has 9 heteroatoms. The normalized spacial score (nSPS) is 11.1. The van der Waals surface area contributed by atoms with Crippen molar-refractivity contribution in [2.75, 3.05) is 32.2 Å². The van der Waals surface area contributed by atoms with E-state index in [0.29, 0.717) is 0 Å². The molecule has 1 N–H and O–H groups in total. The van der Waals surface area contributed by atoms with Crippen molar-refractivity contribution in [1.82, 2.24) is 0 Å². The number of hydrogen-bond acceptors (Lipinski definition) is 4. The zero-order valence-electron chi connectivity index (χ0n) is 14.3. The number of anilines is 1. The van der Waals surface area contributed by atoms with Crippen LogP contribution < -0.4 is 14.8 Å². The molecule has 0 bridgehead atoms. The lowest BCUT2D eigenvalue weighted by Crippen LogP contribution is -2.21. The van der Waals surface area contributed by atoms with E-state index in [1.807, 2.05) is 0 Å². The van der Waals surface area contributed by atoms with E-state index in [2.05, 4.69) is 5.32 Å². The minimum absolute atomic E-state index is 0.0650. The van der Waals surface area contributed by atoms with Crippen LogP contribution in [0.15, 0.2) is 42.5 Å². The van der Waals surface area contributed by atoms with Crippen LogP contribution >= 0.6 is 0 Å². The zero-order chi connectivity index (χ0) is 19.9. The van der Waals surface area contributed by atoms with Crippen molar-refractivity contribution in [3.63, 3.8) is 0 Å². The molecule has 2 aromatic carbocycles. The summed E-state index contributed by atoms with van der Waals surface area (Å²) >= 11 is 0. The molecule has 0 radical (unpaired) electrons. The van der Waals surface area contributed by atoms with E-state index in [1.54, 1.807) is 0 Å². The first-order valence-electron chi connectivity index (χ1n) is 7.81. The number of methoxy groups -OCH3 is 1. The predicted molar refractivity (Wildman–Crippen MR) is 89.3 cm³/mol. The smallest absolute Gasteiger partial charge is 0.416 e. The number of alkyl halides is 3. The number of amides is 1. The van der Waals surface area contributed by atoms with E-state index in [0.717, 1.165) is 30.3 Å². The number of carbonyl (C=O) groups is 1. The molecule has 2 aromatic rings. The van der Waals surface area contributed by atoms with Crippen LogP contribution in [0, 0.1) is 5.82 Å². The lowest BCUT2D eigenvalue weighted by Gasteiger charge is -2.15. The second-order valence-electron chi connectivity index (χ2n) is 5.34. The third-order valence-corrected chi connectivity index (χ3v) is 3.31. The SMILES string of the molecule is COCCOc1ccc(C(F)(F)F)cc1NC(=O)COc1ccc(F)cc1. The highest BCUT2D eigenvalue weighted by Gasteiger charge is 2.31. The Labute approximate surface area is 152 Å². The van der Waals surface area contributed by atoms with Gasteiger partial charge in [-0.25, -0.2) is 4.39 Å². The molecule has 0 aliphatic rings. The van der Waals surface area contributed by atoms with Gasteiger partial charge in [-0.15, -0.1) is 0 Å². The Kier molecular flexibility index (Phi) is 7.00. The quantitative estimate of drug-likeness (QED) is 0.552. The van der Waals surface area contributed by atoms with Gasteiger partial charge in [0.25, 0.3) is 5.91 Å². The van der Waals surface area contributed by atoms with Gasteiger partial charge in [-0.05, 0) is 42.5 Å². The van der Waals surface area contributed by atoms with Crippen LogP contribution in [0.5, 0.6) is 11.5 Å². The third kappa shape index (κ3) is 6.45. The lowest BCUT2D eigenvalue weighted by molar-refractivity contribution is -0.137. The fourth-order valence-electron chi connectivity index (χ4n) is 2.03. The van der Waals surface area contributed by atoms with Gasteiger partial charge in [0.05, 0.1) is 17.9 Å². The highest BCUT2D eigenvalue weighted by atomic mass is 19.4. The summed E-state index contributed by atoms with van der Waals surface area (Å²) in [6.45, 7) is -0.154. The Morgan fingerprint density at radius 3 is 2.37 bits per heavy atom. The first-order chi connectivity index (χ1) is 12.8. The van der Waals surface area contributed by atoms with E-state index >= 15 is 0 Å². The van der Waals surface area contributed by atoms with Gasteiger partial charge in [-0.2, -0.15) is 13.2 Å². The highest BCUT2D eigenvalue weighted by Crippen LogP contribution is 2.35. The van der Waals surface area contributed by atoms with Gasteiger partial charge in [0, 0.05) is 7.11 Å². The Balaban J connectivity index is 2.08. The van der Waals surface area contributed by atoms with E-state index in [1.165, 1.54) is 19.2 Å². The number of benzene rings is 2. The van der Waals surface area contributed by atoms with Crippen LogP contribution in [0.3, 0.4) is 0 Å². The molecular weight excluding hydrogens is 370 g/mol. The number of ether oxygens (including phenoxy) is 3. The van der Waals surface area contributed by atoms with Gasteiger partial charge in [-0.1, -0.05) is 0 Å². The molecule has 0 saturated heterocycles. The summed E-state index contributed by atoms with van der Waals surface area (Å²) in [5.41, 5.74) is -1.08. The molecule has 0 fully saturated rings. The number of carbonyl (C=O) groups excluding carboxylic acids is 1. The average Bonchev–Trinajstić information content (AvgIpc) is 2.62. The Bertz CT molecular complexity index is 763. The van der Waals surface area contributed by atoms with Gasteiger partial charge in [-0.3, -0.25) is 4.79 Å². The molecular formula is C18H17F4NO4. The van der Waals surface area contributed by atoms with Crippen LogP contribution in [0.1, 0.15) is 5.56 Å². The molecule has 2 rings (SSSR count). The van der Waals surface area contributed by atoms with E-state index in [9.17, 15) is 22.4 Å². The molecule has 0 aromatic heterocycles. The number of halogens is 4. The maximum absolute atomic E-state index is 12.9. The van der Waals surface area contributed by atoms with Crippen LogP contribution in [0.25, 0.3) is 0 Å². The van der Waals surface area contributed by atoms with E-state index in [4.69, 9.17) is 14.2 Å². The summed E-state index contributed by atoms with van der Waals surface area (Å²) in [5.74, 6) is -0.855. The molecule has 146 valence electrons. The molecule has 0 spiro atoms. The van der Waals surface area contributed by atoms with Crippen LogP contribution in [0.2, 0.25) is 0 Å². The van der Waals surface area contributed by atoms with Crippen molar-refractivity contribution < 1.29 is 36.6 Å². The summed E-state index contributed by atoms with van der Waals surface area (Å²) < 4.78 is 66.9. The van der Waals surface area contributed by atoms with E-state index < -0.39 is 30.1 Å². The summed E-state index contributed by atoms with van der Waals surface area (Å²) in [6.07, 6.45) is -4.57. The van der Waals surface area contributed by atoms with Gasteiger partial charge >= 0.3 is 6.18 Å². The number of rotatable bonds is 8. The lowest BCUT2D eigenvalue weighted by atomic mass is 10.1. The fraction of sp³-hybridized carbons (Fsp3) is 0.278. The average molecular weight is 387 g/mol. The minimum atomic E-state index is -4.57. The van der Waals surface area contributed by atoms with Crippen LogP contribution in [0.4, 0.5) is 23.2 Å². The highest BCUT2D eigenvalue weighted by molar-refractivity contribution is 5.93. The molecule has 0 unspecified atom stereocenters. The van der Waals surface area contributed by atoms with Gasteiger partial charge < -0.3 is 19.5 Å². The first-order valence-corrected chi connectivity index (χ1v) is 7.81. The first kappa shape index (κ1) is 20.5. The summed E-state index contributed by atoms with van der Waals surface area (Å²) in [6, 6.07) is 7.71. The fourth-order valence-corrected chi connectivity index (χ4v) is 2.03. The van der Waals surface area contributed by atoms with Gasteiger partial charge in [0.2, 0.25) is 0 Å². The van der Waals surface area contributed by atoms with Crippen LogP contribution in [-0.2, 0) is 15.7 Å². The molecule has 27 heavy (non-hydrogen) atoms. The monoisotopic (exact) mass is 387 g/mol. The molecule has 0 aliphatic carbocycles. The van der Waals surface area contributed by atoms with Gasteiger partial charge in [0.15, 0.2) is 6.61 Å². The number of hydrogen-bond donors (Lipinski definition) is 1. The summed E-state index contributed by atoms with van der Waals surface area (Å²) in [5, 5.41) is 2.33. The summed E-state index contributed by atoms with van der Waals surface area (Å²) in [4.78, 5) is 12.0. The van der Waals surface area contributed by atoms with Crippen molar-refractivity contribution >= 4 is 11.6 Å². The third-order valence-electron chi connectivity index (χ3n) is 3.31. The van der Waals surface area contributed by atoms with Crippen molar-refractivity contribution in [3.8, 4) is 11.5 Å². The molecule has 0 saturated carbocycles. The van der Waals surface area contributed by atoms with E-state index in [-0.39, 0.29) is 30.4 Å². The zero-order valence-corrected chi connectivity index (χ0v) is 14.3. The van der Waals surface area contributed by atoms with Gasteiger partial charge in [0.1, 0.15) is 23.9 Å². The standard InChI is InChI=1S/C18H17F4NO4/c1-25-8-9-26-16-7-2-12(18(20,21)22)10-15(16)23-17(24)11-27-14-5-3-13(19)4-6-14/h2-7,10H,8-9,11H2,1H3,(H,23,24).